The number of anilines is 6. The fourth-order valence-corrected chi connectivity index (χ4v) is 8.21. The lowest BCUT2D eigenvalue weighted by atomic mass is 9.33. The predicted molar refractivity (Wildman–Crippen MR) is 237 cm³/mol. The molecule has 0 saturated carbocycles. The average Bonchev–Trinajstić information content (AvgIpc) is 3.26. The van der Waals surface area contributed by atoms with Crippen molar-refractivity contribution in [1.29, 1.82) is 0 Å². The van der Waals surface area contributed by atoms with Crippen LogP contribution in [0.15, 0.2) is 212 Å². The fraction of sp³-hybridized carbons (Fsp3) is 0.0385. The summed E-state index contributed by atoms with van der Waals surface area (Å²) in [6.07, 6.45) is 2.26. The first kappa shape index (κ1) is 34.0. The number of fused-ring (bicyclic) bond motifs is 2. The maximum Gasteiger partial charge on any atom is 0.248 e. The van der Waals surface area contributed by atoms with Crippen molar-refractivity contribution in [2.75, 3.05) is 9.80 Å². The molecule has 8 aromatic rings. The van der Waals surface area contributed by atoms with Gasteiger partial charge in [0.15, 0.2) is 0 Å². The van der Waals surface area contributed by atoms with E-state index in [0.717, 1.165) is 22.7 Å². The van der Waals surface area contributed by atoms with Crippen LogP contribution in [0.2, 0.25) is 0 Å². The molecule has 0 saturated heterocycles. The Hall–Kier alpha value is -6.84. The summed E-state index contributed by atoms with van der Waals surface area (Å²) < 4.78 is 0. The standard InChI is InChI=1S/C52H41BN2/c1-3-38(2)46-36-41(39-20-8-4-9-21-39)37-47(40-22-10-5-11-23-40)52(46)53-48-28-16-18-30-50(48)55(51-31-19-17-29-49(51)53)45-34-32-44(33-35-45)54(42-24-12-6-13-25-42)43-26-14-7-15-27-43/h3-37H,1-2H3. The molecule has 55 heavy (non-hydrogen) atoms. The number of benzene rings is 8. The summed E-state index contributed by atoms with van der Waals surface area (Å²) in [4.78, 5) is 4.76. The Morgan fingerprint density at radius 1 is 0.473 bits per heavy atom. The summed E-state index contributed by atoms with van der Waals surface area (Å²) in [5, 5.41) is 0. The first-order valence-corrected chi connectivity index (χ1v) is 19.1. The molecule has 9 rings (SSSR count). The monoisotopic (exact) mass is 704 g/mol. The van der Waals surface area contributed by atoms with Crippen molar-refractivity contribution < 1.29 is 0 Å². The van der Waals surface area contributed by atoms with Crippen LogP contribution in [0, 0.1) is 0 Å². The van der Waals surface area contributed by atoms with Crippen LogP contribution >= 0.6 is 0 Å². The number of para-hydroxylation sites is 4. The number of hydrogen-bond donors (Lipinski definition) is 0. The van der Waals surface area contributed by atoms with Crippen molar-refractivity contribution in [3.63, 3.8) is 0 Å². The second-order valence-corrected chi connectivity index (χ2v) is 14.1. The SMILES string of the molecule is CC=C(C)c1cc(-c2ccccc2)cc(-c2ccccc2)c1B1c2ccccc2N(c2ccc(N(c3ccccc3)c3ccccc3)cc2)c2ccccc21. The number of allylic oxidation sites excluding steroid dienone is 2. The molecule has 1 aliphatic rings. The van der Waals surface area contributed by atoms with Gasteiger partial charge in [-0.15, -0.1) is 0 Å². The van der Waals surface area contributed by atoms with Gasteiger partial charge in [-0.1, -0.05) is 145 Å². The second kappa shape index (κ2) is 14.9. The van der Waals surface area contributed by atoms with Crippen molar-refractivity contribution >= 4 is 62.8 Å². The third-order valence-electron chi connectivity index (χ3n) is 10.9. The van der Waals surface area contributed by atoms with E-state index in [1.807, 2.05) is 0 Å². The first-order chi connectivity index (χ1) is 27.2. The molecule has 1 heterocycles. The lowest BCUT2D eigenvalue weighted by Gasteiger charge is -2.38. The number of rotatable bonds is 8. The fourth-order valence-electron chi connectivity index (χ4n) is 8.21. The highest BCUT2D eigenvalue weighted by molar-refractivity contribution is 6.99. The van der Waals surface area contributed by atoms with Gasteiger partial charge in [0.05, 0.1) is 0 Å². The quantitative estimate of drug-likeness (QED) is 0.145. The van der Waals surface area contributed by atoms with E-state index in [0.29, 0.717) is 0 Å². The largest absolute Gasteiger partial charge is 0.312 e. The first-order valence-electron chi connectivity index (χ1n) is 19.1. The highest BCUT2D eigenvalue weighted by Gasteiger charge is 2.38. The normalized spacial score (nSPS) is 12.2. The van der Waals surface area contributed by atoms with Crippen LogP contribution in [0.4, 0.5) is 34.1 Å². The summed E-state index contributed by atoms with van der Waals surface area (Å²) in [6, 6.07) is 74.7. The highest BCUT2D eigenvalue weighted by Crippen LogP contribution is 2.40. The van der Waals surface area contributed by atoms with Crippen molar-refractivity contribution in [1.82, 2.24) is 0 Å². The third-order valence-corrected chi connectivity index (χ3v) is 10.9. The second-order valence-electron chi connectivity index (χ2n) is 14.1. The van der Waals surface area contributed by atoms with E-state index in [1.165, 1.54) is 61.2 Å². The van der Waals surface area contributed by atoms with E-state index >= 15 is 0 Å². The third kappa shape index (κ3) is 6.34. The molecule has 0 fully saturated rings. The molecule has 0 amide bonds. The van der Waals surface area contributed by atoms with Crippen LogP contribution in [0.25, 0.3) is 27.8 Å². The van der Waals surface area contributed by atoms with E-state index in [1.54, 1.807) is 0 Å². The minimum atomic E-state index is -0.000458. The highest BCUT2D eigenvalue weighted by atomic mass is 15.2. The molecule has 0 N–H and O–H groups in total. The van der Waals surface area contributed by atoms with Gasteiger partial charge in [-0.3, -0.25) is 0 Å². The molecule has 0 aliphatic carbocycles. The maximum atomic E-state index is 2.45. The van der Waals surface area contributed by atoms with Gasteiger partial charge in [-0.05, 0) is 131 Å². The van der Waals surface area contributed by atoms with E-state index in [2.05, 4.69) is 236 Å². The molecule has 0 spiro atoms. The molecule has 0 radical (unpaired) electrons. The van der Waals surface area contributed by atoms with Crippen LogP contribution in [0.3, 0.4) is 0 Å². The molecule has 8 aromatic carbocycles. The topological polar surface area (TPSA) is 6.48 Å². The molecule has 0 atom stereocenters. The summed E-state index contributed by atoms with van der Waals surface area (Å²) in [7, 11) is 0. The van der Waals surface area contributed by atoms with Crippen molar-refractivity contribution in [2.45, 2.75) is 13.8 Å². The summed E-state index contributed by atoms with van der Waals surface area (Å²) in [5.74, 6) is 0. The van der Waals surface area contributed by atoms with Crippen LogP contribution in [0.1, 0.15) is 19.4 Å². The van der Waals surface area contributed by atoms with Crippen molar-refractivity contribution in [3.05, 3.63) is 218 Å². The van der Waals surface area contributed by atoms with Gasteiger partial charge < -0.3 is 9.80 Å². The number of nitrogens with zero attached hydrogens (tertiary/aromatic N) is 2. The van der Waals surface area contributed by atoms with Gasteiger partial charge in [0.25, 0.3) is 0 Å². The maximum absolute atomic E-state index is 2.45. The molecular weight excluding hydrogens is 663 g/mol. The number of hydrogen-bond acceptors (Lipinski definition) is 2. The van der Waals surface area contributed by atoms with E-state index < -0.39 is 0 Å². The van der Waals surface area contributed by atoms with Gasteiger partial charge in [0.2, 0.25) is 6.71 Å². The van der Waals surface area contributed by atoms with E-state index in [4.69, 9.17) is 0 Å². The molecule has 2 nitrogen and oxygen atoms in total. The predicted octanol–water partition coefficient (Wildman–Crippen LogP) is 12.2. The summed E-state index contributed by atoms with van der Waals surface area (Å²) in [5.41, 5.74) is 18.2. The lowest BCUT2D eigenvalue weighted by Crippen LogP contribution is -2.58. The van der Waals surface area contributed by atoms with Gasteiger partial charge in [0, 0.05) is 34.1 Å². The van der Waals surface area contributed by atoms with Crippen molar-refractivity contribution in [2.24, 2.45) is 0 Å². The van der Waals surface area contributed by atoms with Crippen molar-refractivity contribution in [3.8, 4) is 22.3 Å². The minimum absolute atomic E-state index is 0.000458. The molecule has 1 aliphatic heterocycles. The van der Waals surface area contributed by atoms with Crippen LogP contribution < -0.4 is 26.2 Å². The smallest absolute Gasteiger partial charge is 0.248 e. The molecular formula is C52H41BN2. The van der Waals surface area contributed by atoms with E-state index in [9.17, 15) is 0 Å². The van der Waals surface area contributed by atoms with E-state index in [-0.39, 0.29) is 6.71 Å². The Bertz CT molecular complexity index is 2510. The van der Waals surface area contributed by atoms with Gasteiger partial charge in [-0.2, -0.15) is 0 Å². The summed E-state index contributed by atoms with van der Waals surface area (Å²) in [6.45, 7) is 4.41. The molecule has 3 heteroatoms. The lowest BCUT2D eigenvalue weighted by molar-refractivity contribution is 1.26. The molecule has 262 valence electrons. The zero-order valence-corrected chi connectivity index (χ0v) is 31.2. The zero-order chi connectivity index (χ0) is 37.1. The molecule has 0 aromatic heterocycles. The van der Waals surface area contributed by atoms with Crippen LogP contribution in [-0.2, 0) is 0 Å². The van der Waals surface area contributed by atoms with Gasteiger partial charge in [-0.25, -0.2) is 0 Å². The van der Waals surface area contributed by atoms with Gasteiger partial charge in [0.1, 0.15) is 0 Å². The molecule has 0 unspecified atom stereocenters. The minimum Gasteiger partial charge on any atom is -0.312 e. The average molecular weight is 705 g/mol. The van der Waals surface area contributed by atoms with Crippen LogP contribution in [0.5, 0.6) is 0 Å². The Kier molecular flexibility index (Phi) is 9.19. The van der Waals surface area contributed by atoms with Gasteiger partial charge >= 0.3 is 0 Å². The Balaban J connectivity index is 1.23. The van der Waals surface area contributed by atoms with Crippen LogP contribution in [-0.4, -0.2) is 6.71 Å². The Morgan fingerprint density at radius 2 is 0.927 bits per heavy atom. The Morgan fingerprint density at radius 3 is 1.45 bits per heavy atom. The zero-order valence-electron chi connectivity index (χ0n) is 31.2. The molecule has 0 bridgehead atoms. The summed E-state index contributed by atoms with van der Waals surface area (Å²) >= 11 is 0. The Labute approximate surface area is 325 Å².